The van der Waals surface area contributed by atoms with E-state index in [1.807, 2.05) is 24.3 Å². The van der Waals surface area contributed by atoms with Gasteiger partial charge in [0.05, 0.1) is 0 Å². The third-order valence-corrected chi connectivity index (χ3v) is 2.95. The van der Waals surface area contributed by atoms with Crippen LogP contribution in [0.4, 0.5) is 4.79 Å². The van der Waals surface area contributed by atoms with Crippen molar-refractivity contribution >= 4 is 28.4 Å². The van der Waals surface area contributed by atoms with E-state index in [1.54, 1.807) is 0 Å². The zero-order valence-electron chi connectivity index (χ0n) is 10.6. The van der Waals surface area contributed by atoms with Gasteiger partial charge in [-0.3, -0.25) is 4.79 Å². The molecule has 1 aromatic rings. The van der Waals surface area contributed by atoms with Gasteiger partial charge in [0.1, 0.15) is 0 Å². The molecule has 0 atom stereocenters. The Hall–Kier alpha value is -1.56. The fourth-order valence-corrected chi connectivity index (χ4v) is 1.97. The summed E-state index contributed by atoms with van der Waals surface area (Å²) >= 11 is 3.41. The van der Waals surface area contributed by atoms with Gasteiger partial charge in [-0.1, -0.05) is 28.1 Å². The van der Waals surface area contributed by atoms with Crippen LogP contribution >= 0.6 is 15.9 Å². The standard InChI is InChI=1S/C13H18BrN3O2/c14-12-4-1-3-11(9-12)5-8-17-13(19)16-7-2-6-15-10-18/h1,3-4,9-10H,2,5-8H2,(H,15,18)(H2,16,17,19). The number of urea groups is 1. The quantitative estimate of drug-likeness (QED) is 0.499. The summed E-state index contributed by atoms with van der Waals surface area (Å²) in [5.41, 5.74) is 1.17. The van der Waals surface area contributed by atoms with E-state index >= 15 is 0 Å². The molecule has 1 aromatic carbocycles. The van der Waals surface area contributed by atoms with Gasteiger partial charge in [-0.05, 0) is 30.5 Å². The van der Waals surface area contributed by atoms with Crippen molar-refractivity contribution in [1.29, 1.82) is 0 Å². The van der Waals surface area contributed by atoms with E-state index in [1.165, 1.54) is 5.56 Å². The molecule has 6 heteroatoms. The summed E-state index contributed by atoms with van der Waals surface area (Å²) < 4.78 is 1.04. The predicted molar refractivity (Wildman–Crippen MR) is 77.9 cm³/mol. The summed E-state index contributed by atoms with van der Waals surface area (Å²) in [7, 11) is 0. The Bertz CT molecular complexity index is 413. The number of benzene rings is 1. The first-order chi connectivity index (χ1) is 9.22. The van der Waals surface area contributed by atoms with Crippen LogP contribution in [0.25, 0.3) is 0 Å². The molecule has 1 rings (SSSR count). The highest BCUT2D eigenvalue weighted by Gasteiger charge is 1.99. The maximum Gasteiger partial charge on any atom is 0.314 e. The highest BCUT2D eigenvalue weighted by molar-refractivity contribution is 9.10. The van der Waals surface area contributed by atoms with Crippen LogP contribution < -0.4 is 16.0 Å². The van der Waals surface area contributed by atoms with Crippen molar-refractivity contribution < 1.29 is 9.59 Å². The van der Waals surface area contributed by atoms with Crippen molar-refractivity contribution in [3.05, 3.63) is 34.3 Å². The first-order valence-electron chi connectivity index (χ1n) is 6.15. The summed E-state index contributed by atoms with van der Waals surface area (Å²) in [4.78, 5) is 21.4. The average molecular weight is 328 g/mol. The van der Waals surface area contributed by atoms with E-state index < -0.39 is 0 Å². The maximum absolute atomic E-state index is 11.4. The van der Waals surface area contributed by atoms with Gasteiger partial charge in [0.15, 0.2) is 0 Å². The van der Waals surface area contributed by atoms with Crippen LogP contribution in [0.15, 0.2) is 28.7 Å². The summed E-state index contributed by atoms with van der Waals surface area (Å²) in [6.45, 7) is 1.71. The van der Waals surface area contributed by atoms with Crippen molar-refractivity contribution in [2.45, 2.75) is 12.8 Å². The van der Waals surface area contributed by atoms with E-state index in [2.05, 4.69) is 31.9 Å². The molecule has 0 aromatic heterocycles. The first kappa shape index (κ1) is 15.5. The van der Waals surface area contributed by atoms with Gasteiger partial charge in [0.25, 0.3) is 0 Å². The predicted octanol–water partition coefficient (Wildman–Crippen LogP) is 1.43. The molecule has 0 aliphatic heterocycles. The van der Waals surface area contributed by atoms with Crippen molar-refractivity contribution in [2.75, 3.05) is 19.6 Å². The Morgan fingerprint density at radius 2 is 2.00 bits per heavy atom. The summed E-state index contributed by atoms with van der Waals surface area (Å²) in [6, 6.07) is 7.82. The molecule has 19 heavy (non-hydrogen) atoms. The van der Waals surface area contributed by atoms with E-state index in [4.69, 9.17) is 0 Å². The van der Waals surface area contributed by atoms with Crippen LogP contribution in [0.2, 0.25) is 0 Å². The number of halogens is 1. The summed E-state index contributed by atoms with van der Waals surface area (Å²) in [5.74, 6) is 0. The second kappa shape index (κ2) is 9.38. The highest BCUT2D eigenvalue weighted by Crippen LogP contribution is 2.11. The lowest BCUT2D eigenvalue weighted by atomic mass is 10.1. The lowest BCUT2D eigenvalue weighted by molar-refractivity contribution is -0.109. The van der Waals surface area contributed by atoms with Crippen LogP contribution in [0.3, 0.4) is 0 Å². The molecule has 3 N–H and O–H groups in total. The summed E-state index contributed by atoms with van der Waals surface area (Å²) in [6.07, 6.45) is 2.16. The Morgan fingerprint density at radius 1 is 1.21 bits per heavy atom. The Kier molecular flexibility index (Phi) is 7.65. The topological polar surface area (TPSA) is 70.2 Å². The molecule has 0 saturated heterocycles. The smallest absolute Gasteiger partial charge is 0.314 e. The van der Waals surface area contributed by atoms with E-state index in [0.29, 0.717) is 26.0 Å². The molecule has 0 unspecified atom stereocenters. The second-order valence-corrected chi connectivity index (χ2v) is 4.90. The lowest BCUT2D eigenvalue weighted by Crippen LogP contribution is -2.37. The molecule has 3 amide bonds. The van der Waals surface area contributed by atoms with Crippen molar-refractivity contribution in [3.63, 3.8) is 0 Å². The zero-order valence-corrected chi connectivity index (χ0v) is 12.2. The first-order valence-corrected chi connectivity index (χ1v) is 6.95. The molecule has 0 aliphatic carbocycles. The van der Waals surface area contributed by atoms with Gasteiger partial charge in [0, 0.05) is 24.1 Å². The molecule has 0 aliphatic rings. The fraction of sp³-hybridized carbons (Fsp3) is 0.385. The number of carbonyl (C=O) groups is 2. The maximum atomic E-state index is 11.4. The van der Waals surface area contributed by atoms with E-state index in [0.717, 1.165) is 17.3 Å². The minimum atomic E-state index is -0.180. The molecule has 0 saturated carbocycles. The van der Waals surface area contributed by atoms with Crippen molar-refractivity contribution in [3.8, 4) is 0 Å². The third kappa shape index (κ3) is 7.46. The number of hydrogen-bond donors (Lipinski definition) is 3. The third-order valence-electron chi connectivity index (χ3n) is 2.46. The molecule has 0 fully saturated rings. The molecular formula is C13H18BrN3O2. The molecule has 104 valence electrons. The Balaban J connectivity index is 2.08. The molecule has 0 spiro atoms. The molecule has 0 radical (unpaired) electrons. The van der Waals surface area contributed by atoms with Crippen LogP contribution in [0.5, 0.6) is 0 Å². The van der Waals surface area contributed by atoms with Crippen LogP contribution in [-0.2, 0) is 11.2 Å². The minimum absolute atomic E-state index is 0.180. The van der Waals surface area contributed by atoms with Gasteiger partial charge in [-0.25, -0.2) is 4.79 Å². The average Bonchev–Trinajstić information content (AvgIpc) is 2.38. The number of hydrogen-bond acceptors (Lipinski definition) is 2. The Morgan fingerprint density at radius 3 is 2.74 bits per heavy atom. The number of nitrogens with one attached hydrogen (secondary N) is 3. The number of carbonyl (C=O) groups excluding carboxylic acids is 2. The molecule has 0 heterocycles. The second-order valence-electron chi connectivity index (χ2n) is 3.99. The van der Waals surface area contributed by atoms with E-state index in [9.17, 15) is 9.59 Å². The van der Waals surface area contributed by atoms with Gasteiger partial charge >= 0.3 is 6.03 Å². The number of rotatable bonds is 8. The zero-order chi connectivity index (χ0) is 13.9. The monoisotopic (exact) mass is 327 g/mol. The van der Waals surface area contributed by atoms with Crippen LogP contribution in [0, 0.1) is 0 Å². The fourth-order valence-electron chi connectivity index (χ4n) is 1.53. The summed E-state index contributed by atoms with van der Waals surface area (Å²) in [5, 5.41) is 8.05. The Labute approximate surface area is 121 Å². The largest absolute Gasteiger partial charge is 0.359 e. The van der Waals surface area contributed by atoms with Gasteiger partial charge in [0.2, 0.25) is 6.41 Å². The van der Waals surface area contributed by atoms with Gasteiger partial charge < -0.3 is 16.0 Å². The SMILES string of the molecule is O=CNCCCNC(=O)NCCc1cccc(Br)c1. The van der Waals surface area contributed by atoms with Gasteiger partial charge in [-0.15, -0.1) is 0 Å². The van der Waals surface area contributed by atoms with E-state index in [-0.39, 0.29) is 6.03 Å². The highest BCUT2D eigenvalue weighted by atomic mass is 79.9. The van der Waals surface area contributed by atoms with Crippen LogP contribution in [0.1, 0.15) is 12.0 Å². The van der Waals surface area contributed by atoms with Gasteiger partial charge in [-0.2, -0.15) is 0 Å². The molecule has 0 bridgehead atoms. The number of amides is 3. The lowest BCUT2D eigenvalue weighted by Gasteiger charge is -2.07. The van der Waals surface area contributed by atoms with Crippen molar-refractivity contribution in [2.24, 2.45) is 0 Å². The van der Waals surface area contributed by atoms with Crippen LogP contribution in [-0.4, -0.2) is 32.1 Å². The molecule has 5 nitrogen and oxygen atoms in total. The minimum Gasteiger partial charge on any atom is -0.359 e. The normalized spacial score (nSPS) is 9.74. The molecular weight excluding hydrogens is 310 g/mol. The van der Waals surface area contributed by atoms with Crippen molar-refractivity contribution in [1.82, 2.24) is 16.0 Å².